The Labute approximate surface area is 177 Å². The Morgan fingerprint density at radius 2 is 1.83 bits per heavy atom. The van der Waals surface area contributed by atoms with Crippen molar-refractivity contribution in [3.05, 3.63) is 58.9 Å². The zero-order valence-electron chi connectivity index (χ0n) is 17.9. The number of benzene rings is 2. The lowest BCUT2D eigenvalue weighted by Gasteiger charge is -2.13. The van der Waals surface area contributed by atoms with Gasteiger partial charge in [-0.2, -0.15) is 0 Å². The largest absolute Gasteiger partial charge is 0.484 e. The second-order valence-electron chi connectivity index (χ2n) is 8.01. The van der Waals surface area contributed by atoms with Crippen LogP contribution in [0.1, 0.15) is 41.8 Å². The molecule has 0 unspecified atom stereocenters. The Bertz CT molecular complexity index is 1070. The van der Waals surface area contributed by atoms with Crippen molar-refractivity contribution in [2.75, 3.05) is 11.9 Å². The van der Waals surface area contributed by atoms with Gasteiger partial charge in [-0.05, 0) is 68.5 Å². The van der Waals surface area contributed by atoms with Crippen LogP contribution in [0.25, 0.3) is 11.4 Å². The number of nitrogens with zero attached hydrogens (tertiary/aromatic N) is 3. The Hall–Kier alpha value is -3.15. The topological polar surface area (TPSA) is 69.0 Å². The lowest BCUT2D eigenvalue weighted by molar-refractivity contribution is -0.118. The van der Waals surface area contributed by atoms with E-state index in [1.807, 2.05) is 50.2 Å². The number of aryl methyl sites for hydroxylation is 4. The number of hydrogen-bond acceptors (Lipinski definition) is 4. The molecule has 2 heterocycles. The van der Waals surface area contributed by atoms with Gasteiger partial charge < -0.3 is 14.6 Å². The van der Waals surface area contributed by atoms with Crippen LogP contribution in [0.3, 0.4) is 0 Å². The number of amides is 1. The monoisotopic (exact) mass is 404 g/mol. The molecular weight excluding hydrogens is 376 g/mol. The summed E-state index contributed by atoms with van der Waals surface area (Å²) in [5.74, 6) is 2.43. The molecule has 1 aliphatic rings. The van der Waals surface area contributed by atoms with E-state index < -0.39 is 0 Å². The average Bonchev–Trinajstić information content (AvgIpc) is 2.98. The van der Waals surface area contributed by atoms with E-state index in [4.69, 9.17) is 4.74 Å². The van der Waals surface area contributed by atoms with Crippen molar-refractivity contribution >= 4 is 11.6 Å². The summed E-state index contributed by atoms with van der Waals surface area (Å²) in [4.78, 5) is 12.5. The van der Waals surface area contributed by atoms with E-state index in [1.165, 1.54) is 12.0 Å². The van der Waals surface area contributed by atoms with Crippen LogP contribution in [0.2, 0.25) is 0 Å². The van der Waals surface area contributed by atoms with E-state index in [0.717, 1.165) is 59.8 Å². The fourth-order valence-electron chi connectivity index (χ4n) is 3.73. The molecule has 1 amide bonds. The minimum atomic E-state index is -0.187. The summed E-state index contributed by atoms with van der Waals surface area (Å²) in [6, 6.07) is 11.9. The number of hydrogen-bond donors (Lipinski definition) is 1. The smallest absolute Gasteiger partial charge is 0.262 e. The molecule has 3 aromatic rings. The minimum Gasteiger partial charge on any atom is -0.484 e. The molecule has 6 nitrogen and oxygen atoms in total. The van der Waals surface area contributed by atoms with E-state index in [9.17, 15) is 4.79 Å². The van der Waals surface area contributed by atoms with Crippen molar-refractivity contribution < 1.29 is 9.53 Å². The first kappa shape index (κ1) is 20.1. The maximum Gasteiger partial charge on any atom is 0.262 e. The van der Waals surface area contributed by atoms with Crippen LogP contribution >= 0.6 is 0 Å². The van der Waals surface area contributed by atoms with Gasteiger partial charge in [0.1, 0.15) is 11.6 Å². The number of rotatable bonds is 5. The Morgan fingerprint density at radius 3 is 2.67 bits per heavy atom. The third-order valence-electron chi connectivity index (χ3n) is 5.73. The highest BCUT2D eigenvalue weighted by Gasteiger charge is 2.17. The van der Waals surface area contributed by atoms with Gasteiger partial charge in [-0.25, -0.2) is 0 Å². The number of fused-ring (bicyclic) bond motifs is 1. The van der Waals surface area contributed by atoms with Gasteiger partial charge in [0.05, 0.1) is 0 Å². The molecule has 1 aliphatic heterocycles. The number of aromatic nitrogens is 3. The molecule has 0 radical (unpaired) electrons. The molecule has 0 saturated heterocycles. The summed E-state index contributed by atoms with van der Waals surface area (Å²) in [6.07, 6.45) is 4.49. The minimum absolute atomic E-state index is 0.0352. The van der Waals surface area contributed by atoms with Crippen molar-refractivity contribution in [3.8, 4) is 17.1 Å². The molecule has 1 aromatic heterocycles. The van der Waals surface area contributed by atoms with Crippen LogP contribution in [0, 0.1) is 20.8 Å². The molecule has 0 saturated carbocycles. The molecule has 0 aliphatic carbocycles. The Morgan fingerprint density at radius 1 is 1.00 bits per heavy atom. The molecule has 0 fully saturated rings. The molecule has 0 spiro atoms. The number of ether oxygens (including phenoxy) is 1. The van der Waals surface area contributed by atoms with Crippen molar-refractivity contribution in [1.82, 2.24) is 14.8 Å². The third kappa shape index (κ3) is 4.37. The third-order valence-corrected chi connectivity index (χ3v) is 5.73. The van der Waals surface area contributed by atoms with Crippen LogP contribution in [-0.2, 0) is 17.8 Å². The quantitative estimate of drug-likeness (QED) is 0.674. The first-order chi connectivity index (χ1) is 14.5. The van der Waals surface area contributed by atoms with Crippen LogP contribution in [0.15, 0.2) is 36.4 Å². The fraction of sp³-hybridized carbons (Fsp3) is 0.375. The molecule has 0 bridgehead atoms. The van der Waals surface area contributed by atoms with Gasteiger partial charge in [0, 0.05) is 24.2 Å². The zero-order valence-corrected chi connectivity index (χ0v) is 17.9. The molecule has 0 atom stereocenters. The standard InChI is InChI=1S/C24H28N4O2/c1-16-9-11-20(13-18(16)3)30-15-23(29)25-21-14-19(10-8-17(21)2)24-27-26-22-7-5-4-6-12-28(22)24/h8-11,13-14H,4-7,12,15H2,1-3H3,(H,25,29). The van der Waals surface area contributed by atoms with Crippen LogP contribution in [-0.4, -0.2) is 27.3 Å². The highest BCUT2D eigenvalue weighted by Crippen LogP contribution is 2.27. The lowest BCUT2D eigenvalue weighted by Crippen LogP contribution is -2.20. The number of carbonyl (C=O) groups excluding carboxylic acids is 1. The lowest BCUT2D eigenvalue weighted by atomic mass is 10.1. The maximum atomic E-state index is 12.5. The summed E-state index contributed by atoms with van der Waals surface area (Å²) in [7, 11) is 0. The maximum absolute atomic E-state index is 12.5. The summed E-state index contributed by atoms with van der Waals surface area (Å²) in [5.41, 5.74) is 5.07. The van der Waals surface area contributed by atoms with Crippen molar-refractivity contribution in [3.63, 3.8) is 0 Å². The van der Waals surface area contributed by atoms with Gasteiger partial charge in [-0.1, -0.05) is 24.6 Å². The first-order valence-electron chi connectivity index (χ1n) is 10.5. The van der Waals surface area contributed by atoms with Crippen molar-refractivity contribution in [2.24, 2.45) is 0 Å². The molecular formula is C24H28N4O2. The van der Waals surface area contributed by atoms with E-state index in [0.29, 0.717) is 5.75 Å². The Kier molecular flexibility index (Phi) is 5.84. The Balaban J connectivity index is 1.48. The predicted molar refractivity (Wildman–Crippen MR) is 118 cm³/mol. The normalized spacial score (nSPS) is 13.4. The second-order valence-corrected chi connectivity index (χ2v) is 8.01. The zero-order chi connectivity index (χ0) is 21.1. The summed E-state index contributed by atoms with van der Waals surface area (Å²) < 4.78 is 7.88. The van der Waals surface area contributed by atoms with Crippen molar-refractivity contribution in [2.45, 2.75) is 53.0 Å². The fourth-order valence-corrected chi connectivity index (χ4v) is 3.73. The molecule has 1 N–H and O–H groups in total. The van der Waals surface area contributed by atoms with Gasteiger partial charge in [0.2, 0.25) is 0 Å². The van der Waals surface area contributed by atoms with Gasteiger partial charge >= 0.3 is 0 Å². The summed E-state index contributed by atoms with van der Waals surface area (Å²) in [5, 5.41) is 11.8. The van der Waals surface area contributed by atoms with Crippen LogP contribution in [0.5, 0.6) is 5.75 Å². The number of carbonyl (C=O) groups is 1. The number of anilines is 1. The molecule has 6 heteroatoms. The van der Waals surface area contributed by atoms with Crippen molar-refractivity contribution in [1.29, 1.82) is 0 Å². The van der Waals surface area contributed by atoms with E-state index >= 15 is 0 Å². The summed E-state index contributed by atoms with van der Waals surface area (Å²) >= 11 is 0. The van der Waals surface area contributed by atoms with E-state index in [2.05, 4.69) is 27.0 Å². The second kappa shape index (κ2) is 8.69. The summed E-state index contributed by atoms with van der Waals surface area (Å²) in [6.45, 7) is 6.97. The average molecular weight is 405 g/mol. The first-order valence-corrected chi connectivity index (χ1v) is 10.5. The van der Waals surface area contributed by atoms with Crippen LogP contribution in [0.4, 0.5) is 5.69 Å². The van der Waals surface area contributed by atoms with Gasteiger partial charge in [-0.3, -0.25) is 4.79 Å². The molecule has 4 rings (SSSR count). The SMILES string of the molecule is Cc1ccc(OCC(=O)Nc2cc(-c3nnc4n3CCCCC4)ccc2C)cc1C. The van der Waals surface area contributed by atoms with E-state index in [1.54, 1.807) is 0 Å². The molecule has 2 aromatic carbocycles. The van der Waals surface area contributed by atoms with Gasteiger partial charge in [0.15, 0.2) is 12.4 Å². The predicted octanol–water partition coefficient (Wildman–Crippen LogP) is 4.61. The molecule has 156 valence electrons. The van der Waals surface area contributed by atoms with Crippen LogP contribution < -0.4 is 10.1 Å². The van der Waals surface area contributed by atoms with Gasteiger partial charge in [-0.15, -0.1) is 10.2 Å². The number of nitrogens with one attached hydrogen (secondary N) is 1. The highest BCUT2D eigenvalue weighted by molar-refractivity contribution is 5.93. The molecule has 30 heavy (non-hydrogen) atoms. The highest BCUT2D eigenvalue weighted by atomic mass is 16.5. The van der Waals surface area contributed by atoms with Gasteiger partial charge in [0.25, 0.3) is 5.91 Å². The van der Waals surface area contributed by atoms with E-state index in [-0.39, 0.29) is 12.5 Å².